The van der Waals surface area contributed by atoms with Gasteiger partial charge in [-0.25, -0.2) is 4.98 Å². The molecule has 1 aromatic heterocycles. The smallest absolute Gasteiger partial charge is 0.130 e. The number of anilines is 2. The van der Waals surface area contributed by atoms with Gasteiger partial charge in [0.25, 0.3) is 0 Å². The standard InChI is InChI=1S/C11H16N4/c1-3-15(6-4-5-12)11-7-10(13)9(2)8-14-11/h7-8H,3-4,6H2,1-2H3,(H2,13,14). The number of nitrogens with zero attached hydrogens (tertiary/aromatic N) is 3. The summed E-state index contributed by atoms with van der Waals surface area (Å²) in [4.78, 5) is 6.34. The number of rotatable bonds is 4. The molecule has 1 heterocycles. The first kappa shape index (κ1) is 11.3. The molecule has 0 radical (unpaired) electrons. The van der Waals surface area contributed by atoms with Gasteiger partial charge < -0.3 is 10.6 Å². The van der Waals surface area contributed by atoms with Crippen LogP contribution in [0.25, 0.3) is 0 Å². The highest BCUT2D eigenvalue weighted by Crippen LogP contribution is 2.17. The molecule has 0 aromatic carbocycles. The predicted octanol–water partition coefficient (Wildman–Crippen LogP) is 1.71. The topological polar surface area (TPSA) is 65.9 Å². The molecule has 0 aliphatic rings. The molecule has 2 N–H and O–H groups in total. The van der Waals surface area contributed by atoms with Crippen molar-refractivity contribution < 1.29 is 0 Å². The van der Waals surface area contributed by atoms with E-state index in [1.807, 2.05) is 24.8 Å². The molecule has 0 saturated carbocycles. The van der Waals surface area contributed by atoms with Crippen molar-refractivity contribution in [3.05, 3.63) is 17.8 Å². The van der Waals surface area contributed by atoms with Crippen LogP contribution in [0.5, 0.6) is 0 Å². The number of nitrogens with two attached hydrogens (primary N) is 1. The van der Waals surface area contributed by atoms with Crippen molar-refractivity contribution in [3.8, 4) is 6.07 Å². The Bertz CT molecular complexity index is 367. The van der Waals surface area contributed by atoms with Crippen LogP contribution in [0.2, 0.25) is 0 Å². The normalized spacial score (nSPS) is 9.67. The van der Waals surface area contributed by atoms with Crippen LogP contribution in [0.4, 0.5) is 11.5 Å². The van der Waals surface area contributed by atoms with Gasteiger partial charge in [0.05, 0.1) is 12.5 Å². The molecule has 0 aliphatic heterocycles. The Morgan fingerprint density at radius 2 is 2.33 bits per heavy atom. The summed E-state index contributed by atoms with van der Waals surface area (Å²) in [6, 6.07) is 3.98. The Balaban J connectivity index is 2.83. The predicted molar refractivity (Wildman–Crippen MR) is 61.5 cm³/mol. The molecule has 0 atom stereocenters. The van der Waals surface area contributed by atoms with Crippen molar-refractivity contribution in [3.63, 3.8) is 0 Å². The first-order chi connectivity index (χ1) is 7.19. The summed E-state index contributed by atoms with van der Waals surface area (Å²) in [6.45, 7) is 5.49. The van der Waals surface area contributed by atoms with E-state index < -0.39 is 0 Å². The molecule has 0 fully saturated rings. The molecule has 0 amide bonds. The lowest BCUT2D eigenvalue weighted by molar-refractivity contribution is 0.810. The summed E-state index contributed by atoms with van der Waals surface area (Å²) in [7, 11) is 0. The van der Waals surface area contributed by atoms with Gasteiger partial charge in [-0.3, -0.25) is 0 Å². The van der Waals surface area contributed by atoms with E-state index in [0.717, 1.165) is 23.6 Å². The van der Waals surface area contributed by atoms with Gasteiger partial charge in [0.15, 0.2) is 0 Å². The van der Waals surface area contributed by atoms with Crippen LogP contribution in [0, 0.1) is 18.3 Å². The molecule has 0 aliphatic carbocycles. The molecule has 0 saturated heterocycles. The number of nitrogen functional groups attached to an aromatic ring is 1. The lowest BCUT2D eigenvalue weighted by Gasteiger charge is -2.21. The average molecular weight is 204 g/mol. The van der Waals surface area contributed by atoms with Crippen LogP contribution in [0.15, 0.2) is 12.3 Å². The van der Waals surface area contributed by atoms with Crippen LogP contribution >= 0.6 is 0 Å². The minimum atomic E-state index is 0.503. The molecule has 0 unspecified atom stereocenters. The number of aromatic nitrogens is 1. The number of pyridine rings is 1. The fourth-order valence-electron chi connectivity index (χ4n) is 1.32. The van der Waals surface area contributed by atoms with Gasteiger partial charge in [0.2, 0.25) is 0 Å². The zero-order valence-electron chi connectivity index (χ0n) is 9.20. The van der Waals surface area contributed by atoms with Crippen LogP contribution in [0.3, 0.4) is 0 Å². The minimum absolute atomic E-state index is 0.503. The van der Waals surface area contributed by atoms with Crippen molar-refractivity contribution >= 4 is 11.5 Å². The summed E-state index contributed by atoms with van der Waals surface area (Å²) in [6.07, 6.45) is 2.27. The molecule has 1 aromatic rings. The van der Waals surface area contributed by atoms with Crippen molar-refractivity contribution in [2.24, 2.45) is 0 Å². The summed E-state index contributed by atoms with van der Waals surface area (Å²) in [5.74, 6) is 0.843. The molecule has 80 valence electrons. The molecule has 15 heavy (non-hydrogen) atoms. The SMILES string of the molecule is CCN(CCC#N)c1cc(N)c(C)cn1. The Morgan fingerprint density at radius 1 is 1.60 bits per heavy atom. The van der Waals surface area contributed by atoms with Crippen molar-refractivity contribution in [1.82, 2.24) is 4.98 Å². The van der Waals surface area contributed by atoms with Gasteiger partial charge in [0.1, 0.15) is 5.82 Å². The maximum Gasteiger partial charge on any atom is 0.130 e. The third kappa shape index (κ3) is 2.84. The Labute approximate surface area is 90.3 Å². The molecule has 4 nitrogen and oxygen atoms in total. The second kappa shape index (κ2) is 5.20. The number of hydrogen-bond donors (Lipinski definition) is 1. The lowest BCUT2D eigenvalue weighted by atomic mass is 10.2. The summed E-state index contributed by atoms with van der Waals surface area (Å²) in [5.41, 5.74) is 7.54. The van der Waals surface area contributed by atoms with Crippen LogP contribution < -0.4 is 10.6 Å². The zero-order chi connectivity index (χ0) is 11.3. The third-order valence-electron chi connectivity index (χ3n) is 2.33. The van der Waals surface area contributed by atoms with E-state index in [-0.39, 0.29) is 0 Å². The minimum Gasteiger partial charge on any atom is -0.398 e. The van der Waals surface area contributed by atoms with Crippen LogP contribution in [-0.2, 0) is 0 Å². The molecule has 4 heteroatoms. The Morgan fingerprint density at radius 3 is 2.87 bits per heavy atom. The zero-order valence-corrected chi connectivity index (χ0v) is 9.20. The highest BCUT2D eigenvalue weighted by molar-refractivity contribution is 5.54. The maximum atomic E-state index is 8.53. The molecular weight excluding hydrogens is 188 g/mol. The van der Waals surface area contributed by atoms with Crippen molar-refractivity contribution in [1.29, 1.82) is 5.26 Å². The summed E-state index contributed by atoms with van der Waals surface area (Å²) < 4.78 is 0. The number of hydrogen-bond acceptors (Lipinski definition) is 4. The van der Waals surface area contributed by atoms with Crippen LogP contribution in [0.1, 0.15) is 18.9 Å². The van der Waals surface area contributed by atoms with E-state index in [9.17, 15) is 0 Å². The fraction of sp³-hybridized carbons (Fsp3) is 0.455. The van der Waals surface area contributed by atoms with E-state index in [0.29, 0.717) is 13.0 Å². The van der Waals surface area contributed by atoms with E-state index in [2.05, 4.69) is 11.1 Å². The second-order valence-corrected chi connectivity index (χ2v) is 3.39. The van der Waals surface area contributed by atoms with Crippen LogP contribution in [-0.4, -0.2) is 18.1 Å². The molecule has 0 spiro atoms. The highest BCUT2D eigenvalue weighted by atomic mass is 15.2. The first-order valence-electron chi connectivity index (χ1n) is 5.03. The Kier molecular flexibility index (Phi) is 3.92. The van der Waals surface area contributed by atoms with Gasteiger partial charge in [-0.2, -0.15) is 5.26 Å². The second-order valence-electron chi connectivity index (χ2n) is 3.39. The van der Waals surface area contributed by atoms with Gasteiger partial charge in [-0.05, 0) is 19.4 Å². The van der Waals surface area contributed by atoms with Gasteiger partial charge in [0, 0.05) is 31.0 Å². The summed E-state index contributed by atoms with van der Waals surface area (Å²) in [5, 5.41) is 8.53. The lowest BCUT2D eigenvalue weighted by Crippen LogP contribution is -2.24. The first-order valence-corrected chi connectivity index (χ1v) is 5.03. The number of nitriles is 1. The van der Waals surface area contributed by atoms with Crippen molar-refractivity contribution in [2.75, 3.05) is 23.7 Å². The van der Waals surface area contributed by atoms with Gasteiger partial charge >= 0.3 is 0 Å². The Hall–Kier alpha value is -1.76. The highest BCUT2D eigenvalue weighted by Gasteiger charge is 2.06. The number of aryl methyl sites for hydroxylation is 1. The third-order valence-corrected chi connectivity index (χ3v) is 2.33. The van der Waals surface area contributed by atoms with Gasteiger partial charge in [-0.1, -0.05) is 0 Å². The van der Waals surface area contributed by atoms with Crippen molar-refractivity contribution in [2.45, 2.75) is 20.3 Å². The molecular formula is C11H16N4. The van der Waals surface area contributed by atoms with E-state index in [1.165, 1.54) is 0 Å². The maximum absolute atomic E-state index is 8.53. The van der Waals surface area contributed by atoms with E-state index >= 15 is 0 Å². The van der Waals surface area contributed by atoms with Gasteiger partial charge in [-0.15, -0.1) is 0 Å². The quantitative estimate of drug-likeness (QED) is 0.810. The van der Waals surface area contributed by atoms with E-state index in [4.69, 9.17) is 11.0 Å². The van der Waals surface area contributed by atoms with E-state index in [1.54, 1.807) is 6.20 Å². The average Bonchev–Trinajstić information content (AvgIpc) is 2.24. The monoisotopic (exact) mass is 204 g/mol. The fourth-order valence-corrected chi connectivity index (χ4v) is 1.32. The molecule has 0 bridgehead atoms. The largest absolute Gasteiger partial charge is 0.398 e. The molecule has 1 rings (SSSR count). The summed E-state index contributed by atoms with van der Waals surface area (Å²) >= 11 is 0.